The summed E-state index contributed by atoms with van der Waals surface area (Å²) in [6, 6.07) is 164. The average Bonchev–Trinajstić information content (AvgIpc) is 1.49. The number of hydrogen-bond acceptors (Lipinski definition) is 8. The molecule has 0 amide bonds. The maximum absolute atomic E-state index is 6.98. The Morgan fingerprint density at radius 1 is 0.212 bits per heavy atom. The highest BCUT2D eigenvalue weighted by molar-refractivity contribution is 7.99. The molecule has 0 saturated carbocycles. The van der Waals surface area contributed by atoms with Crippen LogP contribution in [0.4, 0.5) is 51.2 Å². The first kappa shape index (κ1) is 75.9. The van der Waals surface area contributed by atoms with Crippen LogP contribution in [-0.4, -0.2) is 0 Å². The van der Waals surface area contributed by atoms with Crippen molar-refractivity contribution >= 4 is 160 Å². The molecular weight excluding hydrogens is 1640 g/mol. The van der Waals surface area contributed by atoms with Gasteiger partial charge in [-0.15, -0.1) is 11.3 Å². The molecule has 24 aromatic rings. The Hall–Kier alpha value is -16.2. The third-order valence-electron chi connectivity index (χ3n) is 28.1. The zero-order valence-electron chi connectivity index (χ0n) is 72.0. The SMILES string of the molecule is CC1(C)c2ccccc2-c2ccc(N(c3ccc(-c4ccc5c(c4)Sc4ccc(N(c6ccccc6)c6cc(-c7ccccc7)cc7oc8ccccc8c67)cc4C54c5ccccc5-c5cc(N(c6cccc(-c7cccc8c7oc7ccccc78)c6)c6cc(-c7ccccc7)c7oc8ccccc8c7c6)ccc54)cc3)c3cc4c(cc3-c3ccccc3)sc3ccccc34)cc21. The zero-order chi connectivity index (χ0) is 87.0. The molecule has 0 N–H and O–H groups in total. The summed E-state index contributed by atoms with van der Waals surface area (Å²) in [6.07, 6.45) is 0. The molecule has 0 radical (unpaired) electrons. The summed E-state index contributed by atoms with van der Waals surface area (Å²) in [7, 11) is 0. The number of hydrogen-bond donors (Lipinski definition) is 0. The zero-order valence-corrected chi connectivity index (χ0v) is 73.7. The second kappa shape index (κ2) is 29.7. The molecule has 0 bridgehead atoms. The maximum atomic E-state index is 6.98. The van der Waals surface area contributed by atoms with Gasteiger partial charge >= 0.3 is 0 Å². The molecule has 2 aliphatic carbocycles. The topological polar surface area (TPSA) is 49.1 Å². The van der Waals surface area contributed by atoms with Gasteiger partial charge < -0.3 is 28.0 Å². The molecule has 6 nitrogen and oxygen atoms in total. The van der Waals surface area contributed by atoms with E-state index in [2.05, 4.69) is 465 Å². The van der Waals surface area contributed by atoms with Crippen molar-refractivity contribution < 1.29 is 13.3 Å². The summed E-state index contributed by atoms with van der Waals surface area (Å²) in [4.78, 5) is 9.82. The van der Waals surface area contributed by atoms with Gasteiger partial charge in [0.2, 0.25) is 0 Å². The second-order valence-corrected chi connectivity index (χ2v) is 37.8. The highest BCUT2D eigenvalue weighted by atomic mass is 32.2. The molecule has 27 rings (SSSR count). The highest BCUT2D eigenvalue weighted by Crippen LogP contribution is 2.65. The van der Waals surface area contributed by atoms with Crippen LogP contribution in [0.3, 0.4) is 0 Å². The van der Waals surface area contributed by atoms with Gasteiger partial charge in [0.05, 0.1) is 22.2 Å². The highest BCUT2D eigenvalue weighted by Gasteiger charge is 2.51. The van der Waals surface area contributed by atoms with E-state index in [4.69, 9.17) is 13.3 Å². The first-order chi connectivity index (χ1) is 65.2. The van der Waals surface area contributed by atoms with Crippen molar-refractivity contribution in [2.75, 3.05) is 14.7 Å². The fraction of sp³-hybridized carbons (Fsp3) is 0.0323. The number of thiophene rings is 1. The number of rotatable bonds is 14. The summed E-state index contributed by atoms with van der Waals surface area (Å²) in [5.41, 5.74) is 36.5. The van der Waals surface area contributed by atoms with Crippen molar-refractivity contribution in [2.45, 2.75) is 34.5 Å². The van der Waals surface area contributed by atoms with E-state index in [0.29, 0.717) is 0 Å². The Kier molecular flexibility index (Phi) is 17.1. The first-order valence-electron chi connectivity index (χ1n) is 45.2. The predicted octanol–water partition coefficient (Wildman–Crippen LogP) is 35.6. The normalized spacial score (nSPS) is 13.9. The molecule has 8 heteroatoms. The largest absolute Gasteiger partial charge is 0.456 e. The van der Waals surface area contributed by atoms with Crippen LogP contribution in [-0.2, 0) is 10.8 Å². The lowest BCUT2D eigenvalue weighted by Crippen LogP contribution is -2.32. The van der Waals surface area contributed by atoms with Gasteiger partial charge in [-0.05, 0) is 240 Å². The molecule has 0 fully saturated rings. The Morgan fingerprint density at radius 3 is 1.47 bits per heavy atom. The van der Waals surface area contributed by atoms with Gasteiger partial charge in [0, 0.05) is 119 Å². The van der Waals surface area contributed by atoms with Crippen LogP contribution >= 0.6 is 23.1 Å². The minimum atomic E-state index is -0.882. The van der Waals surface area contributed by atoms with Gasteiger partial charge in [-0.1, -0.05) is 323 Å². The predicted molar refractivity (Wildman–Crippen MR) is 551 cm³/mol. The van der Waals surface area contributed by atoms with E-state index < -0.39 is 5.41 Å². The number of nitrogens with zero attached hydrogens (tertiary/aromatic N) is 3. The maximum Gasteiger partial charge on any atom is 0.143 e. The quantitative estimate of drug-likeness (QED) is 0.108. The third-order valence-corrected chi connectivity index (χ3v) is 30.3. The standard InChI is InChI=1S/C124H79N3O3S2/c1-123(2)104-47-21-15-39-91(104)93-61-58-87(72-108(93)123)126(110-74-102-96-43-20-26-52-116(96)131-118(102)75-99(110)78-31-9-4-10-32-78)84-56-53-77(54-57-84)80-55-62-107-119(68-80)132-117-64-60-88(127(83-36-13-6-14-37-83)111-66-82(76-29-7-3-8-30-76)67-115-120(111)98-44-19-25-51-114(98)128-115)73-109(117)124(107)105-48-22-16-40-92(105)101-69-86(59-63-106(101)124)125(85-38-27-35-81(65-85)90-45-28-46-97-94-41-17-23-49-112(94)129-121(90)97)89-70-100(79-33-11-5-12-34-79)122-103(71-89)95-42-18-24-50-113(95)130-122/h3-75H,1-2H3. The van der Waals surface area contributed by atoms with E-state index >= 15 is 0 Å². The van der Waals surface area contributed by atoms with Crippen molar-refractivity contribution in [1.82, 2.24) is 0 Å². The van der Waals surface area contributed by atoms with Gasteiger partial charge in [-0.25, -0.2) is 0 Å². The minimum absolute atomic E-state index is 0.226. The van der Waals surface area contributed by atoms with Gasteiger partial charge in [0.15, 0.2) is 0 Å². The van der Waals surface area contributed by atoms with Crippen LogP contribution in [0.5, 0.6) is 0 Å². The minimum Gasteiger partial charge on any atom is -0.456 e. The smallest absolute Gasteiger partial charge is 0.143 e. The van der Waals surface area contributed by atoms with Crippen molar-refractivity contribution in [2.24, 2.45) is 0 Å². The van der Waals surface area contributed by atoms with Crippen LogP contribution in [0, 0.1) is 0 Å². The van der Waals surface area contributed by atoms with Crippen molar-refractivity contribution in [1.29, 1.82) is 0 Å². The molecule has 5 heterocycles. The molecule has 620 valence electrons. The fourth-order valence-corrected chi connectivity index (χ4v) is 24.4. The van der Waals surface area contributed by atoms with Crippen molar-refractivity contribution in [3.05, 3.63) is 476 Å². The number of anilines is 9. The summed E-state index contributed by atoms with van der Waals surface area (Å²) in [6.45, 7) is 4.77. The number of fused-ring (bicyclic) bond motifs is 24. The molecular formula is C124H79N3O3S2. The lowest BCUT2D eigenvalue weighted by Gasteiger charge is -2.41. The Morgan fingerprint density at radius 2 is 0.712 bits per heavy atom. The van der Waals surface area contributed by atoms with Gasteiger partial charge in [0.25, 0.3) is 0 Å². The Labute approximate surface area is 771 Å². The summed E-state index contributed by atoms with van der Waals surface area (Å²) < 4.78 is 23.3. The van der Waals surface area contributed by atoms with Crippen LogP contribution in [0.1, 0.15) is 47.2 Å². The molecule has 1 unspecified atom stereocenters. The molecule has 1 spiro atoms. The molecule has 20 aromatic carbocycles. The van der Waals surface area contributed by atoms with E-state index in [-0.39, 0.29) is 5.41 Å². The number of benzene rings is 20. The van der Waals surface area contributed by atoms with E-state index in [9.17, 15) is 0 Å². The Bertz CT molecular complexity index is 8870. The fourth-order valence-electron chi connectivity index (χ4n) is 22.1. The Balaban J connectivity index is 0.670. The van der Waals surface area contributed by atoms with Gasteiger partial charge in [-0.2, -0.15) is 0 Å². The summed E-state index contributed by atoms with van der Waals surface area (Å²) in [5, 5.41) is 8.85. The lowest BCUT2D eigenvalue weighted by molar-refractivity contribution is 0.660. The molecule has 4 aromatic heterocycles. The lowest BCUT2D eigenvalue weighted by atomic mass is 9.67. The number of para-hydroxylation sites is 5. The first-order valence-corrected chi connectivity index (χ1v) is 46.8. The van der Waals surface area contributed by atoms with E-state index in [1.807, 2.05) is 29.2 Å². The van der Waals surface area contributed by atoms with Crippen LogP contribution in [0.15, 0.2) is 466 Å². The van der Waals surface area contributed by atoms with Crippen molar-refractivity contribution in [3.63, 3.8) is 0 Å². The molecule has 1 atom stereocenters. The van der Waals surface area contributed by atoms with Gasteiger partial charge in [0.1, 0.15) is 33.5 Å². The monoisotopic (exact) mass is 1720 g/mol. The van der Waals surface area contributed by atoms with Gasteiger partial charge in [-0.3, -0.25) is 0 Å². The average molecular weight is 1720 g/mol. The number of furan rings is 3. The second-order valence-electron chi connectivity index (χ2n) is 35.6. The van der Waals surface area contributed by atoms with Crippen molar-refractivity contribution in [3.8, 4) is 77.9 Å². The molecule has 132 heavy (non-hydrogen) atoms. The van der Waals surface area contributed by atoms with Crippen LogP contribution < -0.4 is 14.7 Å². The molecule has 3 aliphatic rings. The summed E-state index contributed by atoms with van der Waals surface area (Å²) >= 11 is 3.74. The van der Waals surface area contributed by atoms with E-state index in [1.54, 1.807) is 0 Å². The van der Waals surface area contributed by atoms with E-state index in [0.717, 1.165) is 173 Å². The molecule has 1 aliphatic heterocycles. The molecule has 0 saturated heterocycles. The van der Waals surface area contributed by atoms with Crippen LogP contribution in [0.25, 0.3) is 164 Å². The van der Waals surface area contributed by atoms with E-state index in [1.165, 1.54) is 85.6 Å². The third kappa shape index (κ3) is 11.7. The van der Waals surface area contributed by atoms with Crippen LogP contribution in [0.2, 0.25) is 0 Å². The summed E-state index contributed by atoms with van der Waals surface area (Å²) in [5.74, 6) is 0.